The normalized spacial score (nSPS) is 10.7. The van der Waals surface area contributed by atoms with Crippen LogP contribution >= 0.6 is 0 Å². The minimum Gasteiger partial charge on any atom is -0.497 e. The van der Waals surface area contributed by atoms with E-state index in [1.807, 2.05) is 18.2 Å². The number of hydrogen-bond acceptors (Lipinski definition) is 6. The van der Waals surface area contributed by atoms with Gasteiger partial charge in [-0.05, 0) is 36.4 Å². The van der Waals surface area contributed by atoms with Crippen LogP contribution in [-0.4, -0.2) is 17.0 Å². The average Bonchev–Trinajstić information content (AvgIpc) is 3.12. The van der Waals surface area contributed by atoms with Crippen LogP contribution < -0.4 is 10.1 Å². The lowest BCUT2D eigenvalue weighted by Gasteiger charge is -2.09. The Morgan fingerprint density at radius 3 is 2.70 bits per heavy atom. The van der Waals surface area contributed by atoms with Crippen LogP contribution in [0.5, 0.6) is 5.75 Å². The Morgan fingerprint density at radius 1 is 1.07 bits per heavy atom. The van der Waals surface area contributed by atoms with Gasteiger partial charge in [0.25, 0.3) is 5.69 Å². The highest BCUT2D eigenvalue weighted by Crippen LogP contribution is 2.34. The Labute approximate surface area is 154 Å². The van der Waals surface area contributed by atoms with Gasteiger partial charge in [0, 0.05) is 23.4 Å². The molecule has 134 valence electrons. The summed E-state index contributed by atoms with van der Waals surface area (Å²) >= 11 is 0. The van der Waals surface area contributed by atoms with Gasteiger partial charge in [-0.1, -0.05) is 18.2 Å². The first kappa shape index (κ1) is 16.6. The Morgan fingerprint density at radius 2 is 1.93 bits per heavy atom. The van der Waals surface area contributed by atoms with Crippen molar-refractivity contribution in [3.05, 3.63) is 76.8 Å². The first-order chi connectivity index (χ1) is 13.1. The smallest absolute Gasteiger partial charge is 0.293 e. The highest BCUT2D eigenvalue weighted by Gasteiger charge is 2.18. The van der Waals surface area contributed by atoms with Gasteiger partial charge < -0.3 is 14.5 Å². The lowest BCUT2D eigenvalue weighted by atomic mass is 10.1. The van der Waals surface area contributed by atoms with E-state index in [4.69, 9.17) is 9.15 Å². The first-order valence-corrected chi connectivity index (χ1v) is 8.19. The fourth-order valence-electron chi connectivity index (χ4n) is 2.77. The maximum atomic E-state index is 11.6. The molecule has 0 aliphatic heterocycles. The third-order valence-corrected chi connectivity index (χ3v) is 4.08. The molecule has 4 aromatic rings. The van der Waals surface area contributed by atoms with Crippen molar-refractivity contribution in [1.29, 1.82) is 0 Å². The number of methoxy groups -OCH3 is 1. The number of nitrogens with one attached hydrogen (secondary N) is 1. The second-order valence-electron chi connectivity index (χ2n) is 5.83. The molecule has 3 aromatic carbocycles. The molecule has 0 amide bonds. The predicted molar refractivity (Wildman–Crippen MR) is 102 cm³/mol. The number of benzene rings is 3. The van der Waals surface area contributed by atoms with Crippen molar-refractivity contribution in [2.24, 2.45) is 0 Å². The van der Waals surface area contributed by atoms with E-state index < -0.39 is 4.92 Å². The second-order valence-corrected chi connectivity index (χ2v) is 5.83. The van der Waals surface area contributed by atoms with Crippen LogP contribution in [0.3, 0.4) is 0 Å². The molecule has 0 saturated heterocycles. The van der Waals surface area contributed by atoms with Gasteiger partial charge in [0.05, 0.1) is 12.0 Å². The Bertz CT molecular complexity index is 1100. The van der Waals surface area contributed by atoms with Crippen molar-refractivity contribution >= 4 is 28.2 Å². The minimum absolute atomic E-state index is 0.0717. The largest absolute Gasteiger partial charge is 0.497 e. The van der Waals surface area contributed by atoms with Gasteiger partial charge in [0.15, 0.2) is 5.58 Å². The minimum atomic E-state index is -0.436. The van der Waals surface area contributed by atoms with Crippen LogP contribution in [0.2, 0.25) is 0 Å². The molecule has 1 N–H and O–H groups in total. The Balaban J connectivity index is 1.72. The predicted octanol–water partition coefficient (Wildman–Crippen LogP) is 5.16. The van der Waals surface area contributed by atoms with Crippen molar-refractivity contribution in [1.82, 2.24) is 4.98 Å². The van der Waals surface area contributed by atoms with Gasteiger partial charge in [0.1, 0.15) is 17.0 Å². The summed E-state index contributed by atoms with van der Waals surface area (Å²) in [5, 5.41) is 14.6. The van der Waals surface area contributed by atoms with Gasteiger partial charge in [0.2, 0.25) is 5.89 Å². The fourth-order valence-corrected chi connectivity index (χ4v) is 2.77. The summed E-state index contributed by atoms with van der Waals surface area (Å²) < 4.78 is 10.9. The summed E-state index contributed by atoms with van der Waals surface area (Å²) in [6.07, 6.45) is 0. The van der Waals surface area contributed by atoms with Crippen molar-refractivity contribution in [2.75, 3.05) is 12.4 Å². The number of oxazole rings is 1. The van der Waals surface area contributed by atoms with Crippen LogP contribution in [0.25, 0.3) is 22.6 Å². The molecule has 0 aliphatic carbocycles. The lowest BCUT2D eigenvalue weighted by Crippen LogP contribution is -1.98. The number of nitro benzene ring substituents is 1. The second kappa shape index (κ2) is 6.80. The summed E-state index contributed by atoms with van der Waals surface area (Å²) in [6.45, 7) is 0. The first-order valence-electron chi connectivity index (χ1n) is 8.19. The molecule has 7 nitrogen and oxygen atoms in total. The van der Waals surface area contributed by atoms with Crippen molar-refractivity contribution in [3.8, 4) is 17.2 Å². The molecule has 0 aliphatic rings. The summed E-state index contributed by atoms with van der Waals surface area (Å²) in [5.41, 5.74) is 2.86. The highest BCUT2D eigenvalue weighted by molar-refractivity contribution is 5.79. The topological polar surface area (TPSA) is 90.4 Å². The third-order valence-electron chi connectivity index (χ3n) is 4.08. The molecular formula is C20H15N3O4. The number of aromatic nitrogens is 1. The zero-order valence-corrected chi connectivity index (χ0v) is 14.4. The number of ether oxygens (including phenoxy) is 1. The van der Waals surface area contributed by atoms with E-state index >= 15 is 0 Å². The summed E-state index contributed by atoms with van der Waals surface area (Å²) in [6, 6.07) is 19.3. The summed E-state index contributed by atoms with van der Waals surface area (Å²) in [5.74, 6) is 0.998. The van der Waals surface area contributed by atoms with Crippen LogP contribution in [-0.2, 0) is 0 Å². The Hall–Kier alpha value is -3.87. The van der Waals surface area contributed by atoms with E-state index in [2.05, 4.69) is 10.3 Å². The van der Waals surface area contributed by atoms with Crippen molar-refractivity contribution in [3.63, 3.8) is 0 Å². The molecule has 0 bridgehead atoms. The van der Waals surface area contributed by atoms with Gasteiger partial charge in [-0.3, -0.25) is 10.1 Å². The zero-order chi connectivity index (χ0) is 18.8. The monoisotopic (exact) mass is 361 g/mol. The van der Waals surface area contributed by atoms with Gasteiger partial charge >= 0.3 is 0 Å². The standard InChI is InChI=1S/C20H15N3O4/c1-26-15-6-4-5-14(12-15)21-16-10-9-13(11-18(16)23(24)25)20-22-17-7-2-3-8-19(17)27-20/h2-12,21H,1H3. The van der Waals surface area contributed by atoms with Gasteiger partial charge in [-0.25, -0.2) is 4.98 Å². The number of rotatable bonds is 5. The molecule has 4 rings (SSSR count). The lowest BCUT2D eigenvalue weighted by molar-refractivity contribution is -0.383. The molecule has 1 heterocycles. The average molecular weight is 361 g/mol. The van der Waals surface area contributed by atoms with E-state index in [0.29, 0.717) is 39.7 Å². The highest BCUT2D eigenvalue weighted by atomic mass is 16.6. The maximum Gasteiger partial charge on any atom is 0.293 e. The SMILES string of the molecule is COc1cccc(Nc2ccc(-c3nc4ccccc4o3)cc2[N+](=O)[O-])c1. The van der Waals surface area contributed by atoms with E-state index in [-0.39, 0.29) is 5.69 Å². The molecule has 0 atom stereocenters. The van der Waals surface area contributed by atoms with E-state index in [1.54, 1.807) is 49.6 Å². The number of nitro groups is 1. The molecule has 1 aromatic heterocycles. The number of nitrogens with zero attached hydrogens (tertiary/aromatic N) is 2. The number of para-hydroxylation sites is 2. The maximum absolute atomic E-state index is 11.6. The molecule has 0 fully saturated rings. The molecular weight excluding hydrogens is 346 g/mol. The quantitative estimate of drug-likeness (QED) is 0.390. The number of fused-ring (bicyclic) bond motifs is 1. The molecule has 7 heteroatoms. The molecule has 0 spiro atoms. The Kier molecular flexibility index (Phi) is 4.18. The summed E-state index contributed by atoms with van der Waals surface area (Å²) in [7, 11) is 1.57. The van der Waals surface area contributed by atoms with E-state index in [0.717, 1.165) is 0 Å². The summed E-state index contributed by atoms with van der Waals surface area (Å²) in [4.78, 5) is 15.5. The molecule has 0 unspecified atom stereocenters. The van der Waals surface area contributed by atoms with Crippen LogP contribution in [0, 0.1) is 10.1 Å². The fraction of sp³-hybridized carbons (Fsp3) is 0.0500. The van der Waals surface area contributed by atoms with E-state index in [1.165, 1.54) is 6.07 Å². The third kappa shape index (κ3) is 3.30. The molecule has 27 heavy (non-hydrogen) atoms. The zero-order valence-electron chi connectivity index (χ0n) is 14.4. The van der Waals surface area contributed by atoms with E-state index in [9.17, 15) is 10.1 Å². The number of anilines is 2. The van der Waals surface area contributed by atoms with Crippen LogP contribution in [0.15, 0.2) is 71.1 Å². The van der Waals surface area contributed by atoms with Crippen LogP contribution in [0.4, 0.5) is 17.1 Å². The van der Waals surface area contributed by atoms with Crippen LogP contribution in [0.1, 0.15) is 0 Å². The van der Waals surface area contributed by atoms with Gasteiger partial charge in [-0.15, -0.1) is 0 Å². The van der Waals surface area contributed by atoms with Crippen molar-refractivity contribution in [2.45, 2.75) is 0 Å². The number of hydrogen-bond donors (Lipinski definition) is 1. The molecule has 0 radical (unpaired) electrons. The molecule has 0 saturated carbocycles. The van der Waals surface area contributed by atoms with Crippen molar-refractivity contribution < 1.29 is 14.1 Å². The van der Waals surface area contributed by atoms with Gasteiger partial charge in [-0.2, -0.15) is 0 Å².